The first-order valence-electron chi connectivity index (χ1n) is 7.35. The van der Waals surface area contributed by atoms with Gasteiger partial charge in [0.05, 0.1) is 23.7 Å². The van der Waals surface area contributed by atoms with E-state index in [-0.39, 0.29) is 29.3 Å². The molecule has 0 radical (unpaired) electrons. The van der Waals surface area contributed by atoms with Crippen LogP contribution in [-0.4, -0.2) is 16.6 Å². The summed E-state index contributed by atoms with van der Waals surface area (Å²) in [5.41, 5.74) is -1.25. The molecule has 1 heterocycles. The van der Waals surface area contributed by atoms with Crippen molar-refractivity contribution in [2.24, 2.45) is 5.41 Å². The van der Waals surface area contributed by atoms with Gasteiger partial charge in [0.25, 0.3) is 12.0 Å². The van der Waals surface area contributed by atoms with Gasteiger partial charge in [-0.15, -0.1) is 0 Å². The van der Waals surface area contributed by atoms with Gasteiger partial charge >= 0.3 is 0 Å². The molecule has 1 aromatic carbocycles. The van der Waals surface area contributed by atoms with E-state index in [4.69, 9.17) is 10.00 Å². The maximum atomic E-state index is 13.3. The third kappa shape index (κ3) is 4.16. The molecule has 0 atom stereocenters. The number of halogens is 2. The van der Waals surface area contributed by atoms with E-state index in [0.717, 1.165) is 0 Å². The van der Waals surface area contributed by atoms with Crippen LogP contribution in [0.2, 0.25) is 0 Å². The fraction of sp³-hybridized carbons (Fsp3) is 0.353. The van der Waals surface area contributed by atoms with Crippen LogP contribution >= 0.6 is 0 Å². The van der Waals surface area contributed by atoms with E-state index < -0.39 is 17.4 Å². The van der Waals surface area contributed by atoms with Gasteiger partial charge < -0.3 is 9.72 Å². The maximum absolute atomic E-state index is 13.3. The van der Waals surface area contributed by atoms with Crippen LogP contribution in [-0.2, 0) is 0 Å². The Hall–Kier alpha value is -2.75. The molecule has 0 fully saturated rings. The van der Waals surface area contributed by atoms with Crippen LogP contribution in [0.5, 0.6) is 5.75 Å². The van der Waals surface area contributed by atoms with Crippen molar-refractivity contribution in [2.45, 2.75) is 26.7 Å². The molecule has 126 valence electrons. The molecule has 0 aliphatic rings. The van der Waals surface area contributed by atoms with Gasteiger partial charge in [0.1, 0.15) is 11.6 Å². The molecule has 0 amide bonds. The highest BCUT2D eigenvalue weighted by molar-refractivity contribution is 5.68. The van der Waals surface area contributed by atoms with Crippen molar-refractivity contribution in [3.8, 4) is 23.2 Å². The highest BCUT2D eigenvalue weighted by Gasteiger charge is 2.21. The number of rotatable bonds is 6. The van der Waals surface area contributed by atoms with Crippen molar-refractivity contribution in [1.82, 2.24) is 9.97 Å². The lowest BCUT2D eigenvalue weighted by atomic mass is 9.92. The Labute approximate surface area is 137 Å². The zero-order chi connectivity index (χ0) is 17.7. The van der Waals surface area contributed by atoms with E-state index in [1.165, 1.54) is 30.5 Å². The number of ether oxygens (including phenoxy) is 1. The minimum absolute atomic E-state index is 0.0212. The first kappa shape index (κ1) is 17.6. The summed E-state index contributed by atoms with van der Waals surface area (Å²) in [6, 6.07) is 7.60. The largest absolute Gasteiger partial charge is 0.493 e. The summed E-state index contributed by atoms with van der Waals surface area (Å²) in [6.07, 6.45) is -1.07. The van der Waals surface area contributed by atoms with Crippen molar-refractivity contribution < 1.29 is 13.5 Å². The molecule has 0 spiro atoms. The zero-order valence-electron chi connectivity index (χ0n) is 13.3. The molecule has 24 heavy (non-hydrogen) atoms. The summed E-state index contributed by atoms with van der Waals surface area (Å²) in [5, 5.41) is 9.02. The predicted octanol–water partition coefficient (Wildman–Crippen LogP) is 3.69. The van der Waals surface area contributed by atoms with Crippen LogP contribution in [0.3, 0.4) is 0 Å². The third-order valence-corrected chi connectivity index (χ3v) is 3.49. The number of nitriles is 1. The van der Waals surface area contributed by atoms with Gasteiger partial charge in [-0.3, -0.25) is 4.79 Å². The number of H-pyrrole nitrogens is 1. The number of alkyl halides is 2. The predicted molar refractivity (Wildman–Crippen MR) is 84.8 cm³/mol. The zero-order valence-corrected chi connectivity index (χ0v) is 13.3. The van der Waals surface area contributed by atoms with Gasteiger partial charge in [-0.2, -0.15) is 5.26 Å². The second kappa shape index (κ2) is 7.21. The fourth-order valence-corrected chi connectivity index (χ4v) is 2.07. The number of hydrogen-bond donors (Lipinski definition) is 1. The smallest absolute Gasteiger partial charge is 0.264 e. The average Bonchev–Trinajstić information content (AvgIpc) is 2.54. The lowest BCUT2D eigenvalue weighted by Crippen LogP contribution is -2.14. The van der Waals surface area contributed by atoms with Crippen molar-refractivity contribution in [1.29, 1.82) is 5.26 Å². The number of nitrogens with zero attached hydrogens (tertiary/aromatic N) is 2. The average molecular weight is 333 g/mol. The Bertz CT molecular complexity index is 810. The fourth-order valence-electron chi connectivity index (χ4n) is 2.07. The Morgan fingerprint density at radius 2 is 2.12 bits per heavy atom. The van der Waals surface area contributed by atoms with Crippen LogP contribution in [0.25, 0.3) is 11.4 Å². The summed E-state index contributed by atoms with van der Waals surface area (Å²) >= 11 is 0. The van der Waals surface area contributed by atoms with Crippen molar-refractivity contribution in [2.75, 3.05) is 6.61 Å². The Kier molecular flexibility index (Phi) is 5.29. The normalized spacial score (nSPS) is 11.3. The second-order valence-corrected chi connectivity index (χ2v) is 5.90. The first-order chi connectivity index (χ1) is 11.3. The van der Waals surface area contributed by atoms with Crippen LogP contribution in [0, 0.1) is 16.7 Å². The van der Waals surface area contributed by atoms with Gasteiger partial charge in [-0.1, -0.05) is 12.1 Å². The van der Waals surface area contributed by atoms with Gasteiger partial charge in [0.15, 0.2) is 0 Å². The summed E-state index contributed by atoms with van der Waals surface area (Å²) in [6.45, 7) is 3.71. The number of aromatic amines is 1. The lowest BCUT2D eigenvalue weighted by molar-refractivity contribution is 0.151. The molecule has 5 nitrogen and oxygen atoms in total. The van der Waals surface area contributed by atoms with Crippen LogP contribution in [0.4, 0.5) is 8.78 Å². The summed E-state index contributed by atoms with van der Waals surface area (Å²) in [5.74, 6) is 0.212. The van der Waals surface area contributed by atoms with Crippen molar-refractivity contribution in [3.05, 3.63) is 46.4 Å². The SMILES string of the molecule is CC(C)(C#N)CCOc1cccc(C(F)F)c1-c1nccc(=O)[nH]1. The molecule has 1 N–H and O–H groups in total. The molecule has 0 unspecified atom stereocenters. The van der Waals surface area contributed by atoms with Crippen LogP contribution in [0.15, 0.2) is 35.3 Å². The Morgan fingerprint density at radius 3 is 2.75 bits per heavy atom. The molecule has 0 aliphatic carbocycles. The van der Waals surface area contributed by atoms with Crippen LogP contribution in [0.1, 0.15) is 32.3 Å². The van der Waals surface area contributed by atoms with E-state index in [0.29, 0.717) is 6.42 Å². The molecule has 0 saturated heterocycles. The quantitative estimate of drug-likeness (QED) is 0.874. The Balaban J connectivity index is 2.40. The molecule has 0 bridgehead atoms. The van der Waals surface area contributed by atoms with Crippen LogP contribution < -0.4 is 10.3 Å². The summed E-state index contributed by atoms with van der Waals surface area (Å²) in [4.78, 5) is 17.9. The number of aromatic nitrogens is 2. The summed E-state index contributed by atoms with van der Waals surface area (Å²) < 4.78 is 32.3. The molecule has 0 saturated carbocycles. The standard InChI is InChI=1S/C17H17F2N3O2/c1-17(2,10-20)7-9-24-12-5-3-4-11(15(18)19)14(12)16-21-8-6-13(23)22-16/h3-6,8,15H,7,9H2,1-2H3,(H,21,22,23). The number of hydrogen-bond acceptors (Lipinski definition) is 4. The molecule has 2 rings (SSSR count). The lowest BCUT2D eigenvalue weighted by Gasteiger charge is -2.18. The summed E-state index contributed by atoms with van der Waals surface area (Å²) in [7, 11) is 0. The minimum Gasteiger partial charge on any atom is -0.493 e. The van der Waals surface area contributed by atoms with Gasteiger partial charge in [-0.25, -0.2) is 13.8 Å². The highest BCUT2D eigenvalue weighted by atomic mass is 19.3. The molecular formula is C17H17F2N3O2. The Morgan fingerprint density at radius 1 is 1.38 bits per heavy atom. The van der Waals surface area contributed by atoms with E-state index in [1.54, 1.807) is 13.8 Å². The highest BCUT2D eigenvalue weighted by Crippen LogP contribution is 2.36. The monoisotopic (exact) mass is 333 g/mol. The maximum Gasteiger partial charge on any atom is 0.264 e. The number of nitrogens with one attached hydrogen (secondary N) is 1. The van der Waals surface area contributed by atoms with E-state index in [1.807, 2.05) is 0 Å². The molecule has 7 heteroatoms. The topological polar surface area (TPSA) is 78.8 Å². The van der Waals surface area contributed by atoms with Crippen molar-refractivity contribution >= 4 is 0 Å². The molecular weight excluding hydrogens is 316 g/mol. The minimum atomic E-state index is -2.75. The number of benzene rings is 1. The molecule has 1 aromatic heterocycles. The van der Waals surface area contributed by atoms with Gasteiger partial charge in [-0.05, 0) is 26.3 Å². The molecule has 2 aromatic rings. The third-order valence-electron chi connectivity index (χ3n) is 3.49. The van der Waals surface area contributed by atoms with Crippen molar-refractivity contribution in [3.63, 3.8) is 0 Å². The first-order valence-corrected chi connectivity index (χ1v) is 7.35. The van der Waals surface area contributed by atoms with E-state index in [9.17, 15) is 13.6 Å². The van der Waals surface area contributed by atoms with Gasteiger partial charge in [0.2, 0.25) is 0 Å². The molecule has 0 aliphatic heterocycles. The second-order valence-electron chi connectivity index (χ2n) is 5.90. The van der Waals surface area contributed by atoms with Gasteiger partial charge in [0, 0.05) is 17.8 Å². The van der Waals surface area contributed by atoms with E-state index in [2.05, 4.69) is 16.0 Å². The van der Waals surface area contributed by atoms with E-state index >= 15 is 0 Å².